The second-order valence-electron chi connectivity index (χ2n) is 5.64. The number of carbonyl (C=O) groups excluding carboxylic acids is 2. The third-order valence-corrected chi connectivity index (χ3v) is 3.93. The van der Waals surface area contributed by atoms with E-state index in [1.165, 1.54) is 6.92 Å². The number of piperidine rings is 1. The molecule has 0 spiro atoms. The van der Waals surface area contributed by atoms with Gasteiger partial charge < -0.3 is 14.6 Å². The number of rotatable bonds is 4. The van der Waals surface area contributed by atoms with Gasteiger partial charge in [0.2, 0.25) is 5.91 Å². The van der Waals surface area contributed by atoms with Crippen LogP contribution in [-0.4, -0.2) is 41.3 Å². The van der Waals surface area contributed by atoms with Gasteiger partial charge in [0.05, 0.1) is 0 Å². The smallest absolute Gasteiger partial charge is 0.276 e. The summed E-state index contributed by atoms with van der Waals surface area (Å²) in [6.45, 7) is 7.26. The van der Waals surface area contributed by atoms with Crippen LogP contribution >= 0.6 is 0 Å². The Morgan fingerprint density at radius 2 is 2.00 bits per heavy atom. The molecule has 116 valence electrons. The first kappa shape index (κ1) is 15.5. The second-order valence-corrected chi connectivity index (χ2v) is 5.64. The Bertz CT molecular complexity index is 516. The Morgan fingerprint density at radius 3 is 2.52 bits per heavy atom. The van der Waals surface area contributed by atoms with Gasteiger partial charge >= 0.3 is 0 Å². The van der Waals surface area contributed by atoms with Gasteiger partial charge in [-0.2, -0.15) is 0 Å². The Balaban J connectivity index is 1.82. The molecular formula is C15H23N3O3. The summed E-state index contributed by atoms with van der Waals surface area (Å²) in [6, 6.07) is 0. The second kappa shape index (κ2) is 6.74. The molecule has 0 aliphatic carbocycles. The van der Waals surface area contributed by atoms with Crippen molar-refractivity contribution in [2.75, 3.05) is 19.6 Å². The van der Waals surface area contributed by atoms with Crippen molar-refractivity contribution in [3.05, 3.63) is 17.3 Å². The van der Waals surface area contributed by atoms with Crippen LogP contribution in [0.5, 0.6) is 0 Å². The molecule has 1 aromatic rings. The summed E-state index contributed by atoms with van der Waals surface area (Å²) in [5, 5.41) is 2.82. The Labute approximate surface area is 124 Å². The first-order valence-corrected chi connectivity index (χ1v) is 7.45. The van der Waals surface area contributed by atoms with E-state index in [1.807, 2.05) is 4.90 Å². The van der Waals surface area contributed by atoms with E-state index in [2.05, 4.69) is 10.3 Å². The lowest BCUT2D eigenvalue weighted by atomic mass is 9.93. The summed E-state index contributed by atoms with van der Waals surface area (Å²) >= 11 is 0. The molecule has 1 saturated heterocycles. The lowest BCUT2D eigenvalue weighted by Crippen LogP contribution is -2.39. The molecule has 1 fully saturated rings. The summed E-state index contributed by atoms with van der Waals surface area (Å²) in [4.78, 5) is 29.2. The first-order valence-electron chi connectivity index (χ1n) is 7.45. The Kier molecular flexibility index (Phi) is 4.98. The quantitative estimate of drug-likeness (QED) is 0.916. The van der Waals surface area contributed by atoms with E-state index < -0.39 is 0 Å². The molecule has 0 unspecified atom stereocenters. The van der Waals surface area contributed by atoms with Crippen LogP contribution in [0.25, 0.3) is 0 Å². The van der Waals surface area contributed by atoms with E-state index in [0.717, 1.165) is 38.9 Å². The Hall–Kier alpha value is -1.85. The van der Waals surface area contributed by atoms with Crippen molar-refractivity contribution in [2.45, 2.75) is 40.0 Å². The zero-order valence-corrected chi connectivity index (χ0v) is 12.9. The third kappa shape index (κ3) is 4.06. The summed E-state index contributed by atoms with van der Waals surface area (Å²) in [7, 11) is 0. The minimum absolute atomic E-state index is 0.0134. The van der Waals surface area contributed by atoms with Crippen LogP contribution < -0.4 is 5.32 Å². The lowest BCUT2D eigenvalue weighted by Gasteiger charge is -2.31. The first-order chi connectivity index (χ1) is 9.97. The number of nitrogens with zero attached hydrogens (tertiary/aromatic N) is 2. The molecular weight excluding hydrogens is 270 g/mol. The molecule has 2 heterocycles. The summed E-state index contributed by atoms with van der Waals surface area (Å²) in [5.74, 6) is 1.66. The van der Waals surface area contributed by atoms with Gasteiger partial charge in [0, 0.05) is 33.5 Å². The lowest BCUT2D eigenvalue weighted by molar-refractivity contribution is -0.119. The summed E-state index contributed by atoms with van der Waals surface area (Å²) in [5.41, 5.74) is 0.434. The highest BCUT2D eigenvalue weighted by molar-refractivity contribution is 5.93. The van der Waals surface area contributed by atoms with Crippen LogP contribution in [0.4, 0.5) is 0 Å². The van der Waals surface area contributed by atoms with Crippen LogP contribution in [0, 0.1) is 19.8 Å². The molecule has 2 amide bonds. The van der Waals surface area contributed by atoms with Crippen molar-refractivity contribution in [3.8, 4) is 0 Å². The van der Waals surface area contributed by atoms with Crippen molar-refractivity contribution in [2.24, 2.45) is 5.92 Å². The topological polar surface area (TPSA) is 75.4 Å². The average molecular weight is 293 g/mol. The predicted octanol–water partition coefficient (Wildman–Crippen LogP) is 1.67. The largest absolute Gasteiger partial charge is 0.445 e. The fourth-order valence-corrected chi connectivity index (χ4v) is 2.75. The van der Waals surface area contributed by atoms with E-state index in [9.17, 15) is 9.59 Å². The zero-order valence-electron chi connectivity index (χ0n) is 12.9. The van der Waals surface area contributed by atoms with E-state index in [0.29, 0.717) is 23.3 Å². The molecule has 1 N–H and O–H groups in total. The van der Waals surface area contributed by atoms with Crippen molar-refractivity contribution in [3.63, 3.8) is 0 Å². The minimum Gasteiger partial charge on any atom is -0.445 e. The molecule has 6 heteroatoms. The zero-order chi connectivity index (χ0) is 15.4. The van der Waals surface area contributed by atoms with Crippen LogP contribution in [-0.2, 0) is 4.79 Å². The van der Waals surface area contributed by atoms with Gasteiger partial charge in [0.15, 0.2) is 11.6 Å². The van der Waals surface area contributed by atoms with Crippen LogP contribution in [0.15, 0.2) is 4.42 Å². The van der Waals surface area contributed by atoms with Crippen molar-refractivity contribution in [1.82, 2.24) is 15.2 Å². The molecule has 0 saturated carbocycles. The maximum absolute atomic E-state index is 12.4. The van der Waals surface area contributed by atoms with E-state index >= 15 is 0 Å². The third-order valence-electron chi connectivity index (χ3n) is 3.93. The van der Waals surface area contributed by atoms with Gasteiger partial charge in [0.1, 0.15) is 5.76 Å². The molecule has 0 atom stereocenters. The van der Waals surface area contributed by atoms with Crippen molar-refractivity contribution >= 4 is 11.8 Å². The van der Waals surface area contributed by atoms with Crippen LogP contribution in [0.2, 0.25) is 0 Å². The monoisotopic (exact) mass is 293 g/mol. The molecule has 6 nitrogen and oxygen atoms in total. The van der Waals surface area contributed by atoms with Gasteiger partial charge in [-0.1, -0.05) is 0 Å². The average Bonchev–Trinajstić information content (AvgIpc) is 2.77. The van der Waals surface area contributed by atoms with E-state index in [4.69, 9.17) is 4.42 Å². The van der Waals surface area contributed by atoms with Gasteiger partial charge in [-0.05, 0) is 32.1 Å². The van der Waals surface area contributed by atoms with E-state index in [1.54, 1.807) is 13.8 Å². The summed E-state index contributed by atoms with van der Waals surface area (Å²) < 4.78 is 5.32. The highest BCUT2D eigenvalue weighted by Gasteiger charge is 2.26. The number of oxazole rings is 1. The fourth-order valence-electron chi connectivity index (χ4n) is 2.75. The fraction of sp³-hybridized carbons (Fsp3) is 0.667. The Morgan fingerprint density at radius 1 is 1.33 bits per heavy atom. The molecule has 2 rings (SSSR count). The highest BCUT2D eigenvalue weighted by Crippen LogP contribution is 2.22. The number of carbonyl (C=O) groups is 2. The molecule has 0 aromatic carbocycles. The number of amides is 2. The van der Waals surface area contributed by atoms with Gasteiger partial charge in [0.25, 0.3) is 5.91 Å². The standard InChI is InChI=1S/C15H23N3O3/c1-10-14(17-12(3)21-10)15(20)18-8-5-13(6-9-18)4-7-16-11(2)19/h13H,4-9H2,1-3H3,(H,16,19). The minimum atomic E-state index is -0.0374. The normalized spacial score (nSPS) is 16.0. The maximum atomic E-state index is 12.4. The van der Waals surface area contributed by atoms with Crippen molar-refractivity contribution in [1.29, 1.82) is 0 Å². The predicted molar refractivity (Wildman–Crippen MR) is 77.9 cm³/mol. The molecule has 0 bridgehead atoms. The molecule has 21 heavy (non-hydrogen) atoms. The van der Waals surface area contributed by atoms with Gasteiger partial charge in [-0.25, -0.2) is 4.98 Å². The molecule has 1 aliphatic heterocycles. The number of likely N-dealkylation sites (tertiary alicyclic amines) is 1. The maximum Gasteiger partial charge on any atom is 0.276 e. The van der Waals surface area contributed by atoms with Crippen molar-refractivity contribution < 1.29 is 14.0 Å². The number of aromatic nitrogens is 1. The van der Waals surface area contributed by atoms with Gasteiger partial charge in [-0.15, -0.1) is 0 Å². The number of hydrogen-bond donors (Lipinski definition) is 1. The van der Waals surface area contributed by atoms with Crippen LogP contribution in [0.1, 0.15) is 48.3 Å². The van der Waals surface area contributed by atoms with Crippen LogP contribution in [0.3, 0.4) is 0 Å². The highest BCUT2D eigenvalue weighted by atomic mass is 16.4. The summed E-state index contributed by atoms with van der Waals surface area (Å²) in [6.07, 6.45) is 2.92. The number of nitrogens with one attached hydrogen (secondary N) is 1. The van der Waals surface area contributed by atoms with Gasteiger partial charge in [-0.3, -0.25) is 9.59 Å². The molecule has 0 radical (unpaired) electrons. The SMILES string of the molecule is CC(=O)NCCC1CCN(C(=O)c2nc(C)oc2C)CC1. The molecule has 1 aromatic heterocycles. The number of hydrogen-bond acceptors (Lipinski definition) is 4. The molecule has 1 aliphatic rings. The number of aryl methyl sites for hydroxylation is 2. The van der Waals surface area contributed by atoms with E-state index in [-0.39, 0.29) is 11.8 Å².